The van der Waals surface area contributed by atoms with Gasteiger partial charge in [0.25, 0.3) is 0 Å². The van der Waals surface area contributed by atoms with E-state index in [1.165, 1.54) is 0 Å². The Morgan fingerprint density at radius 3 is 2.49 bits per heavy atom. The van der Waals surface area contributed by atoms with Gasteiger partial charge in [0, 0.05) is 17.7 Å². The molecule has 1 aliphatic heterocycles. The summed E-state index contributed by atoms with van der Waals surface area (Å²) >= 11 is 0. The number of aromatic nitrogens is 2. The molecule has 0 spiro atoms. The molecule has 1 aromatic heterocycles. The Labute approximate surface area is 202 Å². The molecule has 0 radical (unpaired) electrons. The molecule has 5 rings (SSSR count). The van der Waals surface area contributed by atoms with Crippen molar-refractivity contribution in [2.24, 2.45) is 5.92 Å². The molecule has 2 N–H and O–H groups in total. The molecule has 8 nitrogen and oxygen atoms in total. The van der Waals surface area contributed by atoms with Gasteiger partial charge in [-0.15, -0.1) is 0 Å². The van der Waals surface area contributed by atoms with Crippen LogP contribution < -0.4 is 19.7 Å². The van der Waals surface area contributed by atoms with Crippen LogP contribution in [-0.4, -0.2) is 36.0 Å². The molecule has 2 unspecified atom stereocenters. The van der Waals surface area contributed by atoms with Gasteiger partial charge in [0.15, 0.2) is 0 Å². The largest absolute Gasteiger partial charge is 0.497 e. The van der Waals surface area contributed by atoms with Gasteiger partial charge in [-0.2, -0.15) is 0 Å². The minimum Gasteiger partial charge on any atom is -0.497 e. The summed E-state index contributed by atoms with van der Waals surface area (Å²) in [5, 5.41) is 2.94. The second kappa shape index (κ2) is 9.50. The van der Waals surface area contributed by atoms with Crippen molar-refractivity contribution in [3.8, 4) is 11.5 Å². The molecule has 0 saturated carbocycles. The van der Waals surface area contributed by atoms with Crippen LogP contribution in [0, 0.1) is 5.92 Å². The Hall–Kier alpha value is -4.33. The SMILES string of the molecule is COc1ccc(N2C(=O)CCC(C(=O)Nc3nc4ccccc4[nH]3)C2c2ccccc2OC)cc1. The van der Waals surface area contributed by atoms with Crippen molar-refractivity contribution in [2.45, 2.75) is 18.9 Å². The van der Waals surface area contributed by atoms with E-state index in [2.05, 4.69) is 15.3 Å². The van der Waals surface area contributed by atoms with E-state index < -0.39 is 12.0 Å². The maximum Gasteiger partial charge on any atom is 0.232 e. The minimum atomic E-state index is -0.565. The summed E-state index contributed by atoms with van der Waals surface area (Å²) in [5.41, 5.74) is 3.06. The standard InChI is InChI=1S/C27H26N4O4/c1-34-18-13-11-17(12-14-18)31-24(32)16-15-20(25(31)19-7-3-6-10-23(19)35-2)26(33)30-27-28-21-8-4-5-9-22(21)29-27/h3-14,20,25H,15-16H2,1-2H3,(H2,28,29,30,33). The highest BCUT2D eigenvalue weighted by molar-refractivity contribution is 6.00. The van der Waals surface area contributed by atoms with Crippen LogP contribution in [0.5, 0.6) is 11.5 Å². The van der Waals surface area contributed by atoms with E-state index in [-0.39, 0.29) is 18.2 Å². The number of rotatable bonds is 6. The number of imidazole rings is 1. The molecular weight excluding hydrogens is 444 g/mol. The van der Waals surface area contributed by atoms with E-state index >= 15 is 0 Å². The third-order valence-electron chi connectivity index (χ3n) is 6.37. The first-order valence-electron chi connectivity index (χ1n) is 11.4. The number of nitrogens with zero attached hydrogens (tertiary/aromatic N) is 2. The Bertz CT molecular complexity index is 1330. The lowest BCUT2D eigenvalue weighted by molar-refractivity contribution is -0.126. The van der Waals surface area contributed by atoms with Crippen molar-refractivity contribution in [1.29, 1.82) is 0 Å². The highest BCUT2D eigenvalue weighted by Gasteiger charge is 2.42. The van der Waals surface area contributed by atoms with Crippen LogP contribution in [0.15, 0.2) is 72.8 Å². The van der Waals surface area contributed by atoms with Crippen LogP contribution in [0.25, 0.3) is 11.0 Å². The molecule has 1 fully saturated rings. The number of para-hydroxylation sites is 3. The molecular formula is C27H26N4O4. The van der Waals surface area contributed by atoms with Gasteiger partial charge in [-0.05, 0) is 48.9 Å². The molecule has 2 atom stereocenters. The van der Waals surface area contributed by atoms with E-state index in [4.69, 9.17) is 9.47 Å². The normalized spacial score (nSPS) is 17.9. The van der Waals surface area contributed by atoms with Crippen molar-refractivity contribution < 1.29 is 19.1 Å². The highest BCUT2D eigenvalue weighted by Crippen LogP contribution is 2.43. The van der Waals surface area contributed by atoms with Crippen molar-refractivity contribution in [1.82, 2.24) is 9.97 Å². The summed E-state index contributed by atoms with van der Waals surface area (Å²) in [4.78, 5) is 36.2. The first kappa shape index (κ1) is 22.5. The zero-order chi connectivity index (χ0) is 24.4. The summed E-state index contributed by atoms with van der Waals surface area (Å²) in [5.74, 6) is 0.880. The Balaban J connectivity index is 1.55. The summed E-state index contributed by atoms with van der Waals surface area (Å²) in [6.07, 6.45) is 0.649. The van der Waals surface area contributed by atoms with Gasteiger partial charge in [-0.25, -0.2) is 4.98 Å². The number of piperidine rings is 1. The number of amides is 2. The quantitative estimate of drug-likeness (QED) is 0.426. The summed E-state index contributed by atoms with van der Waals surface area (Å²) in [6, 6.07) is 21.8. The van der Waals surface area contributed by atoms with Crippen LogP contribution in [0.4, 0.5) is 11.6 Å². The van der Waals surface area contributed by atoms with E-state index in [1.54, 1.807) is 31.3 Å². The van der Waals surface area contributed by atoms with E-state index in [1.807, 2.05) is 60.7 Å². The van der Waals surface area contributed by atoms with Crippen LogP contribution in [0.3, 0.4) is 0 Å². The average Bonchev–Trinajstić information content (AvgIpc) is 3.30. The predicted molar refractivity (Wildman–Crippen MR) is 134 cm³/mol. The lowest BCUT2D eigenvalue weighted by Crippen LogP contribution is -2.47. The van der Waals surface area contributed by atoms with Gasteiger partial charge in [0.2, 0.25) is 17.8 Å². The lowest BCUT2D eigenvalue weighted by Gasteiger charge is -2.41. The number of benzene rings is 3. The molecule has 1 saturated heterocycles. The molecule has 2 amide bonds. The lowest BCUT2D eigenvalue weighted by atomic mass is 9.82. The average molecular weight is 471 g/mol. The van der Waals surface area contributed by atoms with Gasteiger partial charge in [0.1, 0.15) is 11.5 Å². The molecule has 35 heavy (non-hydrogen) atoms. The van der Waals surface area contributed by atoms with Crippen molar-refractivity contribution in [3.05, 3.63) is 78.4 Å². The third kappa shape index (κ3) is 4.30. The second-order valence-electron chi connectivity index (χ2n) is 8.39. The van der Waals surface area contributed by atoms with Crippen LogP contribution in [-0.2, 0) is 9.59 Å². The predicted octanol–water partition coefficient (Wildman–Crippen LogP) is 4.70. The molecule has 4 aromatic rings. The number of hydrogen-bond donors (Lipinski definition) is 2. The Morgan fingerprint density at radius 2 is 1.74 bits per heavy atom. The fraction of sp³-hybridized carbons (Fsp3) is 0.222. The Kier molecular flexibility index (Phi) is 6.10. The van der Waals surface area contributed by atoms with Crippen molar-refractivity contribution >= 4 is 34.5 Å². The monoisotopic (exact) mass is 470 g/mol. The maximum absolute atomic E-state index is 13.6. The van der Waals surface area contributed by atoms with Gasteiger partial charge in [0.05, 0.1) is 37.2 Å². The number of ether oxygens (including phenoxy) is 2. The fourth-order valence-corrected chi connectivity index (χ4v) is 4.70. The number of anilines is 2. The number of carbonyl (C=O) groups is 2. The first-order chi connectivity index (χ1) is 17.1. The summed E-state index contributed by atoms with van der Waals surface area (Å²) in [7, 11) is 3.18. The zero-order valence-corrected chi connectivity index (χ0v) is 19.5. The number of H-pyrrole nitrogens is 1. The van der Waals surface area contributed by atoms with E-state index in [0.29, 0.717) is 29.6 Å². The van der Waals surface area contributed by atoms with Crippen molar-refractivity contribution in [2.75, 3.05) is 24.4 Å². The molecule has 0 aliphatic carbocycles. The number of methoxy groups -OCH3 is 2. The molecule has 2 heterocycles. The van der Waals surface area contributed by atoms with Crippen molar-refractivity contribution in [3.63, 3.8) is 0 Å². The number of aromatic amines is 1. The minimum absolute atomic E-state index is 0.0566. The maximum atomic E-state index is 13.6. The highest BCUT2D eigenvalue weighted by atomic mass is 16.5. The zero-order valence-electron chi connectivity index (χ0n) is 19.5. The van der Waals surface area contributed by atoms with Gasteiger partial charge in [-0.3, -0.25) is 14.9 Å². The number of carbonyl (C=O) groups excluding carboxylic acids is 2. The summed E-state index contributed by atoms with van der Waals surface area (Å²) < 4.78 is 10.9. The third-order valence-corrected chi connectivity index (χ3v) is 6.37. The van der Waals surface area contributed by atoms with E-state index in [0.717, 1.165) is 16.6 Å². The van der Waals surface area contributed by atoms with Gasteiger partial charge >= 0.3 is 0 Å². The smallest absolute Gasteiger partial charge is 0.232 e. The van der Waals surface area contributed by atoms with Crippen LogP contribution >= 0.6 is 0 Å². The molecule has 1 aliphatic rings. The molecule has 0 bridgehead atoms. The number of hydrogen-bond acceptors (Lipinski definition) is 5. The molecule has 8 heteroatoms. The van der Waals surface area contributed by atoms with Gasteiger partial charge < -0.3 is 19.4 Å². The fourth-order valence-electron chi connectivity index (χ4n) is 4.70. The topological polar surface area (TPSA) is 96.5 Å². The molecule has 178 valence electrons. The number of nitrogens with one attached hydrogen (secondary N) is 2. The number of fused-ring (bicyclic) bond motifs is 1. The van der Waals surface area contributed by atoms with E-state index in [9.17, 15) is 9.59 Å². The summed E-state index contributed by atoms with van der Waals surface area (Å²) in [6.45, 7) is 0. The van der Waals surface area contributed by atoms with Crippen LogP contribution in [0.1, 0.15) is 24.4 Å². The van der Waals surface area contributed by atoms with Gasteiger partial charge in [-0.1, -0.05) is 30.3 Å². The Morgan fingerprint density at radius 1 is 1.00 bits per heavy atom. The second-order valence-corrected chi connectivity index (χ2v) is 8.39. The molecule has 3 aromatic carbocycles. The first-order valence-corrected chi connectivity index (χ1v) is 11.4. The van der Waals surface area contributed by atoms with Crippen LogP contribution in [0.2, 0.25) is 0 Å².